The zero-order valence-corrected chi connectivity index (χ0v) is 19.2. The Balaban J connectivity index is 1.50. The Labute approximate surface area is 192 Å². The van der Waals surface area contributed by atoms with E-state index in [4.69, 9.17) is 4.98 Å². The Bertz CT molecular complexity index is 1170. The van der Waals surface area contributed by atoms with Crippen molar-refractivity contribution in [3.05, 3.63) is 89.7 Å². The number of thioether (sulfide) groups is 1. The van der Waals surface area contributed by atoms with E-state index < -0.39 is 0 Å². The summed E-state index contributed by atoms with van der Waals surface area (Å²) in [7, 11) is 3.98. The Morgan fingerprint density at radius 2 is 1.81 bits per heavy atom. The number of amides is 1. The molecule has 1 amide bonds. The second kappa shape index (κ2) is 10.4. The first-order chi connectivity index (χ1) is 15.6. The Kier molecular flexibility index (Phi) is 7.19. The molecule has 0 fully saturated rings. The summed E-state index contributed by atoms with van der Waals surface area (Å²) in [5.41, 5.74) is 4.99. The minimum Gasteiger partial charge on any atom is -0.351 e. The van der Waals surface area contributed by atoms with Gasteiger partial charge < -0.3 is 14.8 Å². The first-order valence-electron chi connectivity index (χ1n) is 10.6. The number of carbonyl (C=O) groups excluding carboxylic acids is 1. The van der Waals surface area contributed by atoms with E-state index in [2.05, 4.69) is 39.1 Å². The molecule has 1 N–H and O–H groups in total. The lowest BCUT2D eigenvalue weighted by molar-refractivity contribution is 0.0951. The molecule has 32 heavy (non-hydrogen) atoms. The average Bonchev–Trinajstić information content (AvgIpc) is 3.16. The van der Waals surface area contributed by atoms with Crippen molar-refractivity contribution in [2.45, 2.75) is 17.5 Å². The maximum absolute atomic E-state index is 12.3. The molecule has 4 rings (SSSR count). The van der Waals surface area contributed by atoms with Gasteiger partial charge >= 0.3 is 0 Å². The van der Waals surface area contributed by atoms with Crippen LogP contribution in [0.1, 0.15) is 21.5 Å². The van der Waals surface area contributed by atoms with E-state index in [9.17, 15) is 4.79 Å². The third-order valence-corrected chi connectivity index (χ3v) is 6.18. The van der Waals surface area contributed by atoms with E-state index in [-0.39, 0.29) is 5.91 Å². The first kappa shape index (κ1) is 22.0. The van der Waals surface area contributed by atoms with Crippen LogP contribution in [0.15, 0.2) is 78.2 Å². The van der Waals surface area contributed by atoms with Crippen molar-refractivity contribution < 1.29 is 4.79 Å². The molecule has 2 aromatic carbocycles. The number of likely N-dealkylation sites (N-methyl/N-ethyl adjacent to an activating group) is 1. The molecule has 0 saturated carbocycles. The fourth-order valence-electron chi connectivity index (χ4n) is 3.37. The molecule has 0 bridgehead atoms. The summed E-state index contributed by atoms with van der Waals surface area (Å²) < 4.78 is 2.20. The molecule has 0 aliphatic heterocycles. The molecule has 0 atom stereocenters. The van der Waals surface area contributed by atoms with Crippen molar-refractivity contribution in [2.24, 2.45) is 0 Å². The van der Waals surface area contributed by atoms with Gasteiger partial charge in [-0.3, -0.25) is 9.78 Å². The lowest BCUT2D eigenvalue weighted by Crippen LogP contribution is -2.31. The molecule has 6 nitrogen and oxygen atoms in total. The molecule has 2 aromatic heterocycles. The van der Waals surface area contributed by atoms with Gasteiger partial charge in [-0.1, -0.05) is 54.2 Å². The molecular formula is C25H27N5OS. The number of carbonyl (C=O) groups is 1. The second-order valence-corrected chi connectivity index (χ2v) is 8.82. The van der Waals surface area contributed by atoms with E-state index in [1.807, 2.05) is 61.6 Å². The van der Waals surface area contributed by atoms with Gasteiger partial charge in [0, 0.05) is 30.6 Å². The van der Waals surface area contributed by atoms with E-state index in [0.717, 1.165) is 34.1 Å². The van der Waals surface area contributed by atoms with E-state index >= 15 is 0 Å². The van der Waals surface area contributed by atoms with E-state index in [0.29, 0.717) is 18.7 Å². The van der Waals surface area contributed by atoms with Crippen LogP contribution in [0.2, 0.25) is 0 Å². The highest BCUT2D eigenvalue weighted by Gasteiger charge is 2.13. The number of nitrogens with one attached hydrogen (secondary N) is 1. The van der Waals surface area contributed by atoms with Crippen molar-refractivity contribution in [1.82, 2.24) is 24.8 Å². The van der Waals surface area contributed by atoms with Crippen molar-refractivity contribution in [3.8, 4) is 0 Å². The molecule has 0 radical (unpaired) electrons. The third-order valence-electron chi connectivity index (χ3n) is 5.13. The average molecular weight is 446 g/mol. The third kappa shape index (κ3) is 5.55. The van der Waals surface area contributed by atoms with Gasteiger partial charge in [0.2, 0.25) is 0 Å². The topological polar surface area (TPSA) is 63.1 Å². The largest absolute Gasteiger partial charge is 0.351 e. The second-order valence-electron chi connectivity index (χ2n) is 7.88. The Morgan fingerprint density at radius 1 is 1.03 bits per heavy atom. The number of hydrogen-bond donors (Lipinski definition) is 1. The predicted octanol–water partition coefficient (Wildman–Crippen LogP) is 4.06. The van der Waals surface area contributed by atoms with Crippen LogP contribution >= 0.6 is 11.8 Å². The minimum atomic E-state index is -0.0465. The molecule has 4 aromatic rings. The van der Waals surface area contributed by atoms with Gasteiger partial charge in [0.1, 0.15) is 0 Å². The summed E-state index contributed by atoms with van der Waals surface area (Å²) in [5, 5.41) is 3.91. The number of nitrogens with zero attached hydrogens (tertiary/aromatic N) is 4. The monoisotopic (exact) mass is 445 g/mol. The summed E-state index contributed by atoms with van der Waals surface area (Å²) >= 11 is 1.72. The van der Waals surface area contributed by atoms with Gasteiger partial charge in [0.15, 0.2) is 5.16 Å². The number of hydrogen-bond acceptors (Lipinski definition) is 5. The van der Waals surface area contributed by atoms with Gasteiger partial charge in [-0.2, -0.15) is 0 Å². The predicted molar refractivity (Wildman–Crippen MR) is 130 cm³/mol. The van der Waals surface area contributed by atoms with Crippen LogP contribution in [0, 0.1) is 0 Å². The van der Waals surface area contributed by atoms with Crippen LogP contribution in [-0.2, 0) is 12.3 Å². The minimum absolute atomic E-state index is 0.0465. The van der Waals surface area contributed by atoms with E-state index in [1.54, 1.807) is 18.0 Å². The van der Waals surface area contributed by atoms with Crippen molar-refractivity contribution >= 4 is 28.7 Å². The quantitative estimate of drug-likeness (QED) is 0.394. The summed E-state index contributed by atoms with van der Waals surface area (Å²) in [4.78, 5) is 23.5. The van der Waals surface area contributed by atoms with Crippen molar-refractivity contribution in [2.75, 3.05) is 27.2 Å². The van der Waals surface area contributed by atoms with Crippen LogP contribution in [0.3, 0.4) is 0 Å². The molecule has 2 heterocycles. The summed E-state index contributed by atoms with van der Waals surface area (Å²) in [5.74, 6) is 0.804. The number of fused-ring (bicyclic) bond motifs is 1. The highest BCUT2D eigenvalue weighted by atomic mass is 32.2. The zero-order valence-electron chi connectivity index (χ0n) is 18.4. The van der Waals surface area contributed by atoms with Gasteiger partial charge in [0.25, 0.3) is 5.91 Å². The number of pyridine rings is 1. The van der Waals surface area contributed by atoms with Crippen LogP contribution in [-0.4, -0.2) is 52.5 Å². The summed E-state index contributed by atoms with van der Waals surface area (Å²) in [6.07, 6.45) is 3.64. The van der Waals surface area contributed by atoms with Crippen molar-refractivity contribution in [3.63, 3.8) is 0 Å². The number of imidazole rings is 1. The van der Waals surface area contributed by atoms with Crippen molar-refractivity contribution in [1.29, 1.82) is 0 Å². The Hall–Kier alpha value is -3.16. The molecule has 0 spiro atoms. The lowest BCUT2D eigenvalue weighted by atomic mass is 10.1. The number of aromatic nitrogens is 3. The standard InChI is InChI=1S/C25H27N5OS/c1-29(2)15-14-27-24(31)21-10-8-19(9-11-21)17-30-23-16-26-13-12-22(23)28-25(30)32-18-20-6-4-3-5-7-20/h3-13,16H,14-15,17-18H2,1-2H3,(H,27,31). The number of rotatable bonds is 9. The van der Waals surface area contributed by atoms with E-state index in [1.165, 1.54) is 5.56 Å². The summed E-state index contributed by atoms with van der Waals surface area (Å²) in [6, 6.07) is 20.1. The van der Waals surface area contributed by atoms with Crippen LogP contribution in [0.5, 0.6) is 0 Å². The van der Waals surface area contributed by atoms with Gasteiger partial charge in [-0.25, -0.2) is 4.98 Å². The van der Waals surface area contributed by atoms with Gasteiger partial charge in [-0.05, 0) is 43.4 Å². The molecule has 0 saturated heterocycles. The lowest BCUT2D eigenvalue weighted by Gasteiger charge is -2.11. The highest BCUT2D eigenvalue weighted by Crippen LogP contribution is 2.27. The zero-order chi connectivity index (χ0) is 22.3. The van der Waals surface area contributed by atoms with Crippen LogP contribution in [0.4, 0.5) is 0 Å². The van der Waals surface area contributed by atoms with Crippen LogP contribution < -0.4 is 5.32 Å². The van der Waals surface area contributed by atoms with Crippen LogP contribution in [0.25, 0.3) is 11.0 Å². The molecular weight excluding hydrogens is 418 g/mol. The molecule has 0 aliphatic rings. The number of benzene rings is 2. The smallest absolute Gasteiger partial charge is 0.251 e. The fourth-order valence-corrected chi connectivity index (χ4v) is 4.34. The Morgan fingerprint density at radius 3 is 2.56 bits per heavy atom. The SMILES string of the molecule is CN(C)CCNC(=O)c1ccc(Cn2c(SCc3ccccc3)nc3ccncc32)cc1. The normalized spacial score (nSPS) is 11.2. The molecule has 164 valence electrons. The maximum atomic E-state index is 12.3. The molecule has 0 unspecified atom stereocenters. The fraction of sp³-hybridized carbons (Fsp3) is 0.240. The highest BCUT2D eigenvalue weighted by molar-refractivity contribution is 7.98. The summed E-state index contributed by atoms with van der Waals surface area (Å²) in [6.45, 7) is 2.11. The maximum Gasteiger partial charge on any atom is 0.251 e. The van der Waals surface area contributed by atoms with Gasteiger partial charge in [-0.15, -0.1) is 0 Å². The molecule has 7 heteroatoms. The van der Waals surface area contributed by atoms with Gasteiger partial charge in [0.05, 0.1) is 23.8 Å². The first-order valence-corrected chi connectivity index (χ1v) is 11.6. The molecule has 0 aliphatic carbocycles.